The molecule has 296 valence electrons. The van der Waals surface area contributed by atoms with Gasteiger partial charge in [0.15, 0.2) is 6.29 Å². The van der Waals surface area contributed by atoms with Gasteiger partial charge in [-0.2, -0.15) is 0 Å². The van der Waals surface area contributed by atoms with Crippen LogP contribution in [-0.2, 0) is 14.3 Å². The van der Waals surface area contributed by atoms with Gasteiger partial charge in [-0.25, -0.2) is 0 Å². The van der Waals surface area contributed by atoms with Gasteiger partial charge in [-0.1, -0.05) is 58.6 Å². The van der Waals surface area contributed by atoms with Crippen molar-refractivity contribution >= 4 is 5.97 Å². The maximum atomic E-state index is 13.2. The highest BCUT2D eigenvalue weighted by Gasteiger charge is 2.74. The standard InChI is InChI=1S/C41H66O11/c1-36(22-43)14-16-40(35(49)50)17-15-37(2)24(25(40)18-36)10-11-28-38(37,3)13-12-29-39(4,30(46)20-42)33(52-34-32(48)31(47)27(45)21-51-34)26(44)19-41(28,29)23-8-6-5-7-9-23/h10,23,25-34,42-48H,5-9,11-22H2,1-4H3,(H,49,50). The second-order valence-electron chi connectivity index (χ2n) is 19.6. The molecule has 11 heteroatoms. The van der Waals surface area contributed by atoms with Gasteiger partial charge >= 0.3 is 5.97 Å². The van der Waals surface area contributed by atoms with Crippen LogP contribution in [0.25, 0.3) is 0 Å². The topological polar surface area (TPSA) is 197 Å². The van der Waals surface area contributed by atoms with Crippen molar-refractivity contribution < 1.29 is 55.1 Å². The zero-order valence-electron chi connectivity index (χ0n) is 31.8. The van der Waals surface area contributed by atoms with E-state index in [1.165, 1.54) is 5.57 Å². The summed E-state index contributed by atoms with van der Waals surface area (Å²) < 4.78 is 12.1. The molecule has 7 aliphatic rings. The molecule has 16 unspecified atom stereocenters. The highest BCUT2D eigenvalue weighted by atomic mass is 16.7. The Morgan fingerprint density at radius 1 is 0.885 bits per heavy atom. The molecular formula is C41H66O11. The van der Waals surface area contributed by atoms with Gasteiger partial charge in [0.2, 0.25) is 0 Å². The minimum absolute atomic E-state index is 0.0327. The van der Waals surface area contributed by atoms with Crippen LogP contribution in [0, 0.1) is 56.2 Å². The minimum atomic E-state index is -1.57. The van der Waals surface area contributed by atoms with Gasteiger partial charge in [-0.3, -0.25) is 4.79 Å². The molecule has 0 aromatic rings. The third kappa shape index (κ3) is 5.33. The Morgan fingerprint density at radius 3 is 2.23 bits per heavy atom. The van der Waals surface area contributed by atoms with E-state index < -0.39 is 71.7 Å². The number of carboxylic acid groups (broad SMARTS) is 1. The number of rotatable bonds is 7. The molecule has 6 aliphatic carbocycles. The zero-order valence-corrected chi connectivity index (χ0v) is 31.8. The van der Waals surface area contributed by atoms with Crippen molar-refractivity contribution in [2.45, 2.75) is 161 Å². The van der Waals surface area contributed by atoms with Crippen LogP contribution < -0.4 is 0 Å². The number of carboxylic acids is 1. The van der Waals surface area contributed by atoms with Crippen molar-refractivity contribution in [3.05, 3.63) is 11.6 Å². The van der Waals surface area contributed by atoms with E-state index in [1.807, 2.05) is 6.92 Å². The summed E-state index contributed by atoms with van der Waals surface area (Å²) in [5.74, 6) is -0.685. The monoisotopic (exact) mass is 734 g/mol. The molecule has 7 rings (SSSR count). The first-order valence-electron chi connectivity index (χ1n) is 20.3. The second kappa shape index (κ2) is 13.5. The summed E-state index contributed by atoms with van der Waals surface area (Å²) in [6.07, 6.45) is 4.58. The molecule has 0 aromatic carbocycles. The Labute approximate surface area is 308 Å². The number of hydrogen-bond acceptors (Lipinski definition) is 10. The summed E-state index contributed by atoms with van der Waals surface area (Å²) in [6.45, 7) is 8.03. The summed E-state index contributed by atoms with van der Waals surface area (Å²) >= 11 is 0. The average Bonchev–Trinajstić information content (AvgIpc) is 3.13. The Hall–Kier alpha value is -1.15. The Kier molecular flexibility index (Phi) is 10.2. The van der Waals surface area contributed by atoms with Gasteiger partial charge in [-0.15, -0.1) is 0 Å². The fourth-order valence-electron chi connectivity index (χ4n) is 14.3. The number of ether oxygens (including phenoxy) is 2. The molecule has 0 radical (unpaired) electrons. The normalized spacial score (nSPS) is 53.1. The molecule has 0 spiro atoms. The van der Waals surface area contributed by atoms with Gasteiger partial charge < -0.3 is 50.3 Å². The maximum absolute atomic E-state index is 13.2. The minimum Gasteiger partial charge on any atom is -0.481 e. The molecule has 0 amide bonds. The molecule has 1 aliphatic heterocycles. The predicted octanol–water partition coefficient (Wildman–Crippen LogP) is 3.53. The van der Waals surface area contributed by atoms with Gasteiger partial charge in [0.1, 0.15) is 18.3 Å². The number of aliphatic hydroxyl groups is 7. The van der Waals surface area contributed by atoms with Gasteiger partial charge in [0.05, 0.1) is 36.9 Å². The fourth-order valence-corrected chi connectivity index (χ4v) is 14.3. The van der Waals surface area contributed by atoms with Crippen LogP contribution in [-0.4, -0.2) is 110 Å². The summed E-state index contributed by atoms with van der Waals surface area (Å²) in [5, 5.41) is 87.8. The summed E-state index contributed by atoms with van der Waals surface area (Å²) in [6, 6.07) is 0. The fraction of sp³-hybridized carbons (Fsp3) is 0.927. The number of allylic oxidation sites excluding steroid dienone is 2. The van der Waals surface area contributed by atoms with Crippen molar-refractivity contribution in [1.29, 1.82) is 0 Å². The molecule has 8 N–H and O–H groups in total. The summed E-state index contributed by atoms with van der Waals surface area (Å²) in [7, 11) is 0. The van der Waals surface area contributed by atoms with E-state index in [0.29, 0.717) is 38.5 Å². The lowest BCUT2D eigenvalue weighted by Gasteiger charge is -2.74. The zero-order chi connectivity index (χ0) is 37.6. The van der Waals surface area contributed by atoms with Crippen molar-refractivity contribution in [3.8, 4) is 0 Å². The molecular weight excluding hydrogens is 668 g/mol. The second-order valence-corrected chi connectivity index (χ2v) is 19.6. The molecule has 11 nitrogen and oxygen atoms in total. The highest BCUT2D eigenvalue weighted by molar-refractivity contribution is 5.76. The summed E-state index contributed by atoms with van der Waals surface area (Å²) in [5.41, 5.74) is -2.07. The summed E-state index contributed by atoms with van der Waals surface area (Å²) in [4.78, 5) is 13.2. The molecule has 52 heavy (non-hydrogen) atoms. The lowest BCUT2D eigenvalue weighted by atomic mass is 9.30. The Balaban J connectivity index is 1.34. The van der Waals surface area contributed by atoms with Crippen molar-refractivity contribution in [2.24, 2.45) is 56.2 Å². The third-order valence-corrected chi connectivity index (χ3v) is 17.6. The van der Waals surface area contributed by atoms with Crippen LogP contribution in [0.3, 0.4) is 0 Å². The van der Waals surface area contributed by atoms with Gasteiger partial charge in [-0.05, 0) is 116 Å². The first-order chi connectivity index (χ1) is 24.5. The van der Waals surface area contributed by atoms with E-state index in [4.69, 9.17) is 9.47 Å². The SMILES string of the molecule is CC1(CO)CCC2(C(=O)O)CCC3(C)C(=CCC4C5(C6CCCCC6)CC(O)C(OC6OCC(O)C(O)C6O)C(C)(C(O)CO)C5CCC43C)C2C1. The van der Waals surface area contributed by atoms with E-state index in [-0.39, 0.29) is 53.1 Å². The van der Waals surface area contributed by atoms with E-state index in [0.717, 1.165) is 51.4 Å². The van der Waals surface area contributed by atoms with Crippen molar-refractivity contribution in [3.63, 3.8) is 0 Å². The molecule has 6 fully saturated rings. The first kappa shape index (κ1) is 39.1. The predicted molar refractivity (Wildman–Crippen MR) is 190 cm³/mol. The Bertz CT molecular complexity index is 1380. The lowest BCUT2D eigenvalue weighted by molar-refractivity contribution is -0.342. The maximum Gasteiger partial charge on any atom is 0.310 e. The number of aliphatic carboxylic acids is 1. The van der Waals surface area contributed by atoms with Crippen LogP contribution >= 0.6 is 0 Å². The molecule has 1 saturated heterocycles. The van der Waals surface area contributed by atoms with Crippen LogP contribution in [0.2, 0.25) is 0 Å². The largest absolute Gasteiger partial charge is 0.481 e. The first-order valence-corrected chi connectivity index (χ1v) is 20.3. The molecule has 0 bridgehead atoms. The van der Waals surface area contributed by atoms with Gasteiger partial charge in [0, 0.05) is 12.0 Å². The lowest BCUT2D eigenvalue weighted by Crippen LogP contribution is -2.73. The van der Waals surface area contributed by atoms with Gasteiger partial charge in [0.25, 0.3) is 0 Å². The average molecular weight is 735 g/mol. The highest BCUT2D eigenvalue weighted by Crippen LogP contribution is 2.78. The number of aliphatic hydroxyl groups excluding tert-OH is 7. The molecule has 16 atom stereocenters. The van der Waals surface area contributed by atoms with Crippen molar-refractivity contribution in [1.82, 2.24) is 0 Å². The van der Waals surface area contributed by atoms with Crippen LogP contribution in [0.15, 0.2) is 11.6 Å². The Morgan fingerprint density at radius 2 is 1.58 bits per heavy atom. The third-order valence-electron chi connectivity index (χ3n) is 17.6. The van der Waals surface area contributed by atoms with Crippen molar-refractivity contribution in [2.75, 3.05) is 19.8 Å². The van der Waals surface area contributed by atoms with Crippen LogP contribution in [0.5, 0.6) is 0 Å². The number of carbonyl (C=O) groups is 1. The van der Waals surface area contributed by atoms with E-state index in [2.05, 4.69) is 26.8 Å². The molecule has 0 aromatic heterocycles. The quantitative estimate of drug-likeness (QED) is 0.141. The van der Waals surface area contributed by atoms with Crippen LogP contribution in [0.1, 0.15) is 118 Å². The number of hydrogen-bond donors (Lipinski definition) is 8. The number of fused-ring (bicyclic) bond motifs is 7. The van der Waals surface area contributed by atoms with E-state index >= 15 is 0 Å². The van der Waals surface area contributed by atoms with E-state index in [1.54, 1.807) is 0 Å². The molecule has 5 saturated carbocycles. The van der Waals surface area contributed by atoms with E-state index in [9.17, 15) is 45.6 Å². The van der Waals surface area contributed by atoms with Crippen LogP contribution in [0.4, 0.5) is 0 Å². The smallest absolute Gasteiger partial charge is 0.310 e. The molecule has 1 heterocycles.